The molecule has 0 amide bonds. The van der Waals surface area contributed by atoms with E-state index in [4.69, 9.17) is 0 Å². The van der Waals surface area contributed by atoms with Gasteiger partial charge in [-0.15, -0.1) is 0 Å². The Morgan fingerprint density at radius 2 is 1.90 bits per heavy atom. The second-order valence-corrected chi connectivity index (χ2v) is 4.61. The first-order valence-corrected chi connectivity index (χ1v) is 6.14. The number of aromatic nitrogens is 1. The van der Waals surface area contributed by atoms with Crippen molar-refractivity contribution in [2.75, 3.05) is 11.9 Å². The Labute approximate surface area is 116 Å². The molecule has 0 saturated heterocycles. The van der Waals surface area contributed by atoms with E-state index in [1.807, 2.05) is 0 Å². The number of carboxylic acid groups (broad SMARTS) is 1. The van der Waals surface area contributed by atoms with Crippen LogP contribution in [0.2, 0.25) is 0 Å². The Kier molecular flexibility index (Phi) is 3.98. The number of carboxylic acids is 1. The lowest BCUT2D eigenvalue weighted by molar-refractivity contribution is 0.0697. The van der Waals surface area contributed by atoms with Gasteiger partial charge < -0.3 is 10.0 Å². The predicted octanol–water partition coefficient (Wildman–Crippen LogP) is 2.86. The minimum absolute atomic E-state index is 0.153. The van der Waals surface area contributed by atoms with Gasteiger partial charge in [0.25, 0.3) is 0 Å². The van der Waals surface area contributed by atoms with Crippen molar-refractivity contribution in [3.8, 4) is 0 Å². The second kappa shape index (κ2) is 5.69. The number of benzene rings is 1. The van der Waals surface area contributed by atoms with Crippen molar-refractivity contribution in [3.05, 3.63) is 59.0 Å². The molecule has 0 unspecified atom stereocenters. The summed E-state index contributed by atoms with van der Waals surface area (Å²) in [4.78, 5) is 17.2. The monoisotopic (exact) mass is 274 g/mol. The van der Waals surface area contributed by atoms with Gasteiger partial charge in [0.05, 0.1) is 0 Å². The average molecular weight is 274 g/mol. The quantitative estimate of drug-likeness (QED) is 0.931. The highest BCUT2D eigenvalue weighted by Crippen LogP contribution is 2.19. The van der Waals surface area contributed by atoms with E-state index in [9.17, 15) is 14.3 Å². The van der Waals surface area contributed by atoms with Crippen LogP contribution in [0.1, 0.15) is 21.6 Å². The van der Waals surface area contributed by atoms with Gasteiger partial charge in [0.1, 0.15) is 17.2 Å². The van der Waals surface area contributed by atoms with Crippen LogP contribution in [0.5, 0.6) is 0 Å². The standard InChI is InChI=1S/C15H15FN2O2/c1-10-3-8-13(15(19)20)14(17-10)18(2)9-11-4-6-12(16)7-5-11/h3-8H,9H2,1-2H3,(H,19,20). The van der Waals surface area contributed by atoms with Crippen LogP contribution in [0.3, 0.4) is 0 Å². The molecule has 2 aromatic rings. The molecule has 20 heavy (non-hydrogen) atoms. The van der Waals surface area contributed by atoms with E-state index < -0.39 is 5.97 Å². The first kappa shape index (κ1) is 14.0. The fourth-order valence-corrected chi connectivity index (χ4v) is 1.94. The summed E-state index contributed by atoms with van der Waals surface area (Å²) < 4.78 is 12.9. The second-order valence-electron chi connectivity index (χ2n) is 4.61. The molecule has 1 aromatic heterocycles. The van der Waals surface area contributed by atoms with Crippen LogP contribution in [0.25, 0.3) is 0 Å². The summed E-state index contributed by atoms with van der Waals surface area (Å²) in [7, 11) is 1.76. The molecule has 0 fully saturated rings. The molecule has 0 radical (unpaired) electrons. The van der Waals surface area contributed by atoms with E-state index in [0.29, 0.717) is 12.4 Å². The van der Waals surface area contributed by atoms with Crippen LogP contribution in [0, 0.1) is 12.7 Å². The molecule has 0 bridgehead atoms. The number of hydrogen-bond donors (Lipinski definition) is 1. The zero-order valence-corrected chi connectivity index (χ0v) is 11.3. The number of anilines is 1. The summed E-state index contributed by atoms with van der Waals surface area (Å²) in [6, 6.07) is 9.31. The van der Waals surface area contributed by atoms with Gasteiger partial charge in [-0.05, 0) is 36.8 Å². The molecule has 4 nitrogen and oxygen atoms in total. The van der Waals surface area contributed by atoms with Crippen molar-refractivity contribution in [2.24, 2.45) is 0 Å². The van der Waals surface area contributed by atoms with E-state index >= 15 is 0 Å². The minimum atomic E-state index is -1.02. The minimum Gasteiger partial charge on any atom is -0.478 e. The smallest absolute Gasteiger partial charge is 0.339 e. The maximum absolute atomic E-state index is 12.9. The van der Waals surface area contributed by atoms with Gasteiger partial charge in [-0.2, -0.15) is 0 Å². The zero-order valence-electron chi connectivity index (χ0n) is 11.3. The van der Waals surface area contributed by atoms with Crippen LogP contribution >= 0.6 is 0 Å². The third-order valence-corrected chi connectivity index (χ3v) is 2.94. The Morgan fingerprint density at radius 1 is 1.25 bits per heavy atom. The average Bonchev–Trinajstić information content (AvgIpc) is 2.41. The van der Waals surface area contributed by atoms with Crippen LogP contribution in [0.4, 0.5) is 10.2 Å². The normalized spacial score (nSPS) is 10.3. The van der Waals surface area contributed by atoms with Crippen LogP contribution in [0.15, 0.2) is 36.4 Å². The number of hydrogen-bond acceptors (Lipinski definition) is 3. The molecule has 1 N–H and O–H groups in total. The Bertz CT molecular complexity index is 626. The Balaban J connectivity index is 2.28. The number of aromatic carboxylic acids is 1. The van der Waals surface area contributed by atoms with Gasteiger partial charge in [0.15, 0.2) is 0 Å². The number of aryl methyl sites for hydroxylation is 1. The number of carbonyl (C=O) groups is 1. The Hall–Kier alpha value is -2.43. The third-order valence-electron chi connectivity index (χ3n) is 2.94. The summed E-state index contributed by atoms with van der Waals surface area (Å²) in [6.45, 7) is 2.26. The molecular weight excluding hydrogens is 259 g/mol. The lowest BCUT2D eigenvalue weighted by Gasteiger charge is -2.20. The van der Waals surface area contributed by atoms with Crippen molar-refractivity contribution in [3.63, 3.8) is 0 Å². The highest BCUT2D eigenvalue weighted by Gasteiger charge is 2.15. The number of halogens is 1. The van der Waals surface area contributed by atoms with Gasteiger partial charge in [0.2, 0.25) is 0 Å². The molecule has 0 aliphatic heterocycles. The Morgan fingerprint density at radius 3 is 2.50 bits per heavy atom. The van der Waals surface area contributed by atoms with E-state index in [-0.39, 0.29) is 11.4 Å². The molecule has 0 aliphatic rings. The van der Waals surface area contributed by atoms with Crippen LogP contribution in [-0.2, 0) is 6.54 Å². The van der Waals surface area contributed by atoms with Crippen LogP contribution < -0.4 is 4.90 Å². The van der Waals surface area contributed by atoms with Gasteiger partial charge in [-0.3, -0.25) is 0 Å². The molecule has 5 heteroatoms. The first-order valence-electron chi connectivity index (χ1n) is 6.14. The fourth-order valence-electron chi connectivity index (χ4n) is 1.94. The molecule has 0 saturated carbocycles. The third kappa shape index (κ3) is 3.12. The van der Waals surface area contributed by atoms with Crippen molar-refractivity contribution < 1.29 is 14.3 Å². The number of nitrogens with zero attached hydrogens (tertiary/aromatic N) is 2. The highest BCUT2D eigenvalue weighted by atomic mass is 19.1. The summed E-state index contributed by atoms with van der Waals surface area (Å²) >= 11 is 0. The lowest BCUT2D eigenvalue weighted by atomic mass is 10.2. The molecule has 2 rings (SSSR count). The number of pyridine rings is 1. The first-order chi connectivity index (χ1) is 9.47. The zero-order chi connectivity index (χ0) is 14.7. The summed E-state index contributed by atoms with van der Waals surface area (Å²) in [5.41, 5.74) is 1.78. The maximum atomic E-state index is 12.9. The topological polar surface area (TPSA) is 53.4 Å². The summed E-state index contributed by atoms with van der Waals surface area (Å²) in [6.07, 6.45) is 0. The van der Waals surface area contributed by atoms with Crippen molar-refractivity contribution in [2.45, 2.75) is 13.5 Å². The SMILES string of the molecule is Cc1ccc(C(=O)O)c(N(C)Cc2ccc(F)cc2)n1. The summed E-state index contributed by atoms with van der Waals surface area (Å²) in [5.74, 6) is -0.906. The molecule has 0 aliphatic carbocycles. The lowest BCUT2D eigenvalue weighted by Crippen LogP contribution is -2.21. The largest absolute Gasteiger partial charge is 0.478 e. The molecule has 1 aromatic carbocycles. The van der Waals surface area contributed by atoms with Gasteiger partial charge >= 0.3 is 5.97 Å². The van der Waals surface area contributed by atoms with E-state index in [2.05, 4.69) is 4.98 Å². The van der Waals surface area contributed by atoms with Crippen molar-refractivity contribution >= 4 is 11.8 Å². The van der Waals surface area contributed by atoms with Gasteiger partial charge in [-0.1, -0.05) is 12.1 Å². The predicted molar refractivity (Wildman–Crippen MR) is 74.4 cm³/mol. The van der Waals surface area contributed by atoms with Gasteiger partial charge in [-0.25, -0.2) is 14.2 Å². The van der Waals surface area contributed by atoms with Gasteiger partial charge in [0, 0.05) is 19.3 Å². The number of rotatable bonds is 4. The maximum Gasteiger partial charge on any atom is 0.339 e. The fraction of sp³-hybridized carbons (Fsp3) is 0.200. The van der Waals surface area contributed by atoms with Crippen molar-refractivity contribution in [1.82, 2.24) is 4.98 Å². The van der Waals surface area contributed by atoms with E-state index in [0.717, 1.165) is 11.3 Å². The van der Waals surface area contributed by atoms with E-state index in [1.54, 1.807) is 43.1 Å². The van der Waals surface area contributed by atoms with E-state index in [1.165, 1.54) is 12.1 Å². The molecule has 0 atom stereocenters. The molecule has 1 heterocycles. The molecular formula is C15H15FN2O2. The van der Waals surface area contributed by atoms with Crippen LogP contribution in [-0.4, -0.2) is 23.1 Å². The molecule has 0 spiro atoms. The van der Waals surface area contributed by atoms with Crippen molar-refractivity contribution in [1.29, 1.82) is 0 Å². The molecule has 104 valence electrons. The highest BCUT2D eigenvalue weighted by molar-refractivity contribution is 5.93. The summed E-state index contributed by atoms with van der Waals surface area (Å²) in [5, 5.41) is 9.19.